The molecular weight excluding hydrogens is 585 g/mol. The molecule has 1 saturated carbocycles. The first-order valence-corrected chi connectivity index (χ1v) is 16.7. The van der Waals surface area contributed by atoms with Crippen molar-refractivity contribution in [2.45, 2.75) is 69.9 Å². The zero-order chi connectivity index (χ0) is 27.2. The van der Waals surface area contributed by atoms with Crippen LogP contribution in [0, 0.1) is 0 Å². The maximum absolute atomic E-state index is 7.22. The molecule has 216 valence electrons. The van der Waals surface area contributed by atoms with Crippen molar-refractivity contribution in [1.82, 2.24) is 4.67 Å². The maximum Gasteiger partial charge on any atom is 1.00 e. The van der Waals surface area contributed by atoms with E-state index in [0.29, 0.717) is 12.1 Å². The SMILES string of the molecule is [Cu+].c1ccc2c(c1)CCC2N(C1CCCCCCC1)[PH+]1Oc2ccc3ccccc3c2-c2c(ccc3ccccc23)O1. The van der Waals surface area contributed by atoms with E-state index in [2.05, 4.69) is 102 Å². The van der Waals surface area contributed by atoms with Gasteiger partial charge in [-0.05, 0) is 70.5 Å². The van der Waals surface area contributed by atoms with Crippen LogP contribution in [-0.2, 0) is 23.5 Å². The van der Waals surface area contributed by atoms with Crippen LogP contribution >= 0.6 is 8.53 Å². The molecule has 5 aromatic rings. The van der Waals surface area contributed by atoms with Gasteiger partial charge in [-0.25, -0.2) is 0 Å². The molecule has 8 rings (SSSR count). The molecule has 1 unspecified atom stereocenters. The molecule has 1 aliphatic heterocycles. The van der Waals surface area contributed by atoms with E-state index in [1.807, 2.05) is 0 Å². The largest absolute Gasteiger partial charge is 1.00 e. The van der Waals surface area contributed by atoms with Gasteiger partial charge in [0.15, 0.2) is 11.5 Å². The van der Waals surface area contributed by atoms with Crippen LogP contribution in [0.15, 0.2) is 97.1 Å². The van der Waals surface area contributed by atoms with E-state index in [1.165, 1.54) is 88.7 Å². The molecule has 3 nitrogen and oxygen atoms in total. The third kappa shape index (κ3) is 4.93. The summed E-state index contributed by atoms with van der Waals surface area (Å²) >= 11 is 0. The molecule has 1 fully saturated rings. The molecule has 3 aliphatic rings. The van der Waals surface area contributed by atoms with E-state index >= 15 is 0 Å². The molecule has 0 bridgehead atoms. The van der Waals surface area contributed by atoms with Crippen molar-refractivity contribution in [3.05, 3.63) is 108 Å². The second-order valence-electron chi connectivity index (χ2n) is 11.9. The van der Waals surface area contributed by atoms with Gasteiger partial charge in [0.2, 0.25) is 0 Å². The minimum atomic E-state index is -1.90. The topological polar surface area (TPSA) is 21.7 Å². The summed E-state index contributed by atoms with van der Waals surface area (Å²) < 4.78 is 17.2. The van der Waals surface area contributed by atoms with Gasteiger partial charge in [0.25, 0.3) is 0 Å². The average molecular weight is 622 g/mol. The summed E-state index contributed by atoms with van der Waals surface area (Å²) in [6.45, 7) is 0. The summed E-state index contributed by atoms with van der Waals surface area (Å²) in [6, 6.07) is 36.1. The van der Waals surface area contributed by atoms with Gasteiger partial charge in [0.05, 0.1) is 12.1 Å². The molecule has 0 amide bonds. The van der Waals surface area contributed by atoms with Crippen LogP contribution in [0.1, 0.15) is 68.5 Å². The molecule has 0 aromatic heterocycles. The fourth-order valence-corrected chi connectivity index (χ4v) is 9.62. The van der Waals surface area contributed by atoms with Crippen LogP contribution in [0.5, 0.6) is 11.5 Å². The summed E-state index contributed by atoms with van der Waals surface area (Å²) in [5.74, 6) is 1.91. The van der Waals surface area contributed by atoms with Gasteiger partial charge < -0.3 is 0 Å². The molecule has 2 aliphatic carbocycles. The van der Waals surface area contributed by atoms with Gasteiger partial charge in [-0.2, -0.15) is 0 Å². The fourth-order valence-electron chi connectivity index (χ4n) is 7.57. The van der Waals surface area contributed by atoms with E-state index in [0.717, 1.165) is 24.3 Å². The zero-order valence-corrected chi connectivity index (χ0v) is 25.8. The minimum Gasteiger partial charge on any atom is -0.292 e. The quantitative estimate of drug-likeness (QED) is 0.148. The first kappa shape index (κ1) is 27.9. The summed E-state index contributed by atoms with van der Waals surface area (Å²) in [6.07, 6.45) is 11.3. The summed E-state index contributed by atoms with van der Waals surface area (Å²) in [7, 11) is -1.90. The molecule has 1 atom stereocenters. The molecule has 5 aromatic carbocycles. The number of nitrogens with zero attached hydrogens (tertiary/aromatic N) is 1. The Hall–Kier alpha value is -2.87. The molecular formula is C37H37CuNO2P+2. The minimum absolute atomic E-state index is 0. The maximum atomic E-state index is 7.22. The zero-order valence-electron chi connectivity index (χ0n) is 23.8. The number of hydrogen-bond acceptors (Lipinski definition) is 3. The van der Waals surface area contributed by atoms with Crippen molar-refractivity contribution >= 4 is 30.1 Å². The third-order valence-corrected chi connectivity index (χ3v) is 11.4. The monoisotopic (exact) mass is 621 g/mol. The Morgan fingerprint density at radius 2 is 1.12 bits per heavy atom. The Kier molecular flexibility index (Phi) is 7.99. The molecule has 0 saturated heterocycles. The number of rotatable bonds is 3. The third-order valence-electron chi connectivity index (χ3n) is 9.54. The predicted molar refractivity (Wildman–Crippen MR) is 172 cm³/mol. The van der Waals surface area contributed by atoms with Crippen molar-refractivity contribution in [2.24, 2.45) is 0 Å². The van der Waals surface area contributed by atoms with Crippen LogP contribution in [0.2, 0.25) is 0 Å². The number of benzene rings is 5. The van der Waals surface area contributed by atoms with E-state index in [-0.39, 0.29) is 17.1 Å². The normalized spacial score (nSPS) is 19.0. The van der Waals surface area contributed by atoms with Crippen LogP contribution < -0.4 is 9.05 Å². The van der Waals surface area contributed by atoms with Crippen LogP contribution in [0.4, 0.5) is 0 Å². The predicted octanol–water partition coefficient (Wildman–Crippen LogP) is 10.5. The molecule has 42 heavy (non-hydrogen) atoms. The molecule has 5 heteroatoms. The van der Waals surface area contributed by atoms with Crippen molar-refractivity contribution in [2.75, 3.05) is 0 Å². The Bertz CT molecular complexity index is 1640. The Balaban J connectivity index is 0.00000288. The molecule has 0 N–H and O–H groups in total. The Morgan fingerprint density at radius 3 is 1.76 bits per heavy atom. The smallest absolute Gasteiger partial charge is 0.292 e. The second-order valence-corrected chi connectivity index (χ2v) is 13.4. The van der Waals surface area contributed by atoms with Crippen molar-refractivity contribution in [1.29, 1.82) is 0 Å². The number of hydrogen-bond donors (Lipinski definition) is 0. The van der Waals surface area contributed by atoms with Crippen LogP contribution in [0.3, 0.4) is 0 Å². The van der Waals surface area contributed by atoms with Crippen LogP contribution in [-0.4, -0.2) is 10.7 Å². The molecule has 0 spiro atoms. The Labute approximate surface area is 260 Å². The summed E-state index contributed by atoms with van der Waals surface area (Å²) in [5, 5.41) is 4.90. The molecule has 1 heterocycles. The van der Waals surface area contributed by atoms with Gasteiger partial charge in [-0.3, -0.25) is 9.05 Å². The molecule has 0 radical (unpaired) electrons. The van der Waals surface area contributed by atoms with Gasteiger partial charge in [-0.15, -0.1) is 4.67 Å². The van der Waals surface area contributed by atoms with E-state index in [9.17, 15) is 0 Å². The number of aryl methyl sites for hydroxylation is 1. The number of fused-ring (bicyclic) bond motifs is 8. The first-order valence-electron chi connectivity index (χ1n) is 15.5. The van der Waals surface area contributed by atoms with E-state index in [1.54, 1.807) is 0 Å². The average Bonchev–Trinajstić information content (AvgIpc) is 3.33. The van der Waals surface area contributed by atoms with E-state index in [4.69, 9.17) is 9.05 Å². The van der Waals surface area contributed by atoms with Gasteiger partial charge in [0, 0.05) is 11.1 Å². The van der Waals surface area contributed by atoms with Crippen LogP contribution in [0.25, 0.3) is 32.7 Å². The van der Waals surface area contributed by atoms with Gasteiger partial charge in [-0.1, -0.05) is 117 Å². The van der Waals surface area contributed by atoms with E-state index < -0.39 is 8.53 Å². The van der Waals surface area contributed by atoms with Crippen molar-refractivity contribution in [3.8, 4) is 22.6 Å². The van der Waals surface area contributed by atoms with Gasteiger partial charge >= 0.3 is 25.6 Å². The van der Waals surface area contributed by atoms with Crippen molar-refractivity contribution < 1.29 is 26.1 Å². The first-order chi connectivity index (χ1) is 20.3. The van der Waals surface area contributed by atoms with Crippen molar-refractivity contribution in [3.63, 3.8) is 0 Å². The standard InChI is InChI=1S/C37H36NO2P.Cu/c1-2-4-15-29(16-5-3-1)38(33-23-20-26-12-6-9-17-30(26)33)41-39-34-24-21-27-13-7-10-18-31(27)36(34)37-32-19-11-8-14-28(32)22-25-35(37)40-41;/h6-14,17-19,21-22,24-25,29,33H,1-5,15-16,20,23H2;/q;+1/p+1. The summed E-state index contributed by atoms with van der Waals surface area (Å²) in [5.41, 5.74) is 5.29. The second kappa shape index (κ2) is 12.0. The van der Waals surface area contributed by atoms with Gasteiger partial charge in [0.1, 0.15) is 0 Å². The Morgan fingerprint density at radius 1 is 0.571 bits per heavy atom. The fraction of sp³-hybridized carbons (Fsp3) is 0.297. The summed E-state index contributed by atoms with van der Waals surface area (Å²) in [4.78, 5) is 0.